The van der Waals surface area contributed by atoms with E-state index in [0.717, 1.165) is 23.0 Å². The van der Waals surface area contributed by atoms with Gasteiger partial charge in [-0.2, -0.15) is 0 Å². The van der Waals surface area contributed by atoms with Gasteiger partial charge in [0.15, 0.2) is 0 Å². The molecule has 10 aromatic carbocycles. The average molecular weight is 883 g/mol. The fourth-order valence-corrected chi connectivity index (χ4v) is 13.3. The molecule has 2 nitrogen and oxygen atoms in total. The van der Waals surface area contributed by atoms with Crippen molar-refractivity contribution in [3.8, 4) is 61.3 Å². The number of fused-ring (bicyclic) bond motifs is 11. The summed E-state index contributed by atoms with van der Waals surface area (Å²) in [6.07, 6.45) is 5.26. The van der Waals surface area contributed by atoms with Crippen molar-refractivity contribution >= 4 is 38.9 Å². The monoisotopic (exact) mass is 882 g/mol. The van der Waals surface area contributed by atoms with Crippen LogP contribution in [-0.4, -0.2) is 4.57 Å². The highest BCUT2D eigenvalue weighted by atomic mass is 15.1. The highest BCUT2D eigenvalue weighted by Crippen LogP contribution is 2.67. The summed E-state index contributed by atoms with van der Waals surface area (Å²) in [5, 5.41) is 2.52. The molecule has 1 heterocycles. The Bertz CT molecular complexity index is 3750. The normalized spacial score (nSPS) is 17.7. The van der Waals surface area contributed by atoms with Crippen molar-refractivity contribution in [2.75, 3.05) is 4.90 Å². The topological polar surface area (TPSA) is 8.17 Å². The molecule has 0 aliphatic heterocycles. The van der Waals surface area contributed by atoms with Crippen molar-refractivity contribution in [1.29, 1.82) is 0 Å². The van der Waals surface area contributed by atoms with Gasteiger partial charge >= 0.3 is 0 Å². The van der Waals surface area contributed by atoms with E-state index in [-0.39, 0.29) is 5.41 Å². The quantitative estimate of drug-likeness (QED) is 0.148. The lowest BCUT2D eigenvalue weighted by atomic mass is 9.67. The van der Waals surface area contributed by atoms with E-state index in [0.29, 0.717) is 5.92 Å². The number of hydrogen-bond donors (Lipinski definition) is 0. The maximum Gasteiger partial charge on any atom is 0.0619 e. The Morgan fingerprint density at radius 3 is 1.70 bits per heavy atom. The molecule has 11 aromatic rings. The Hall–Kier alpha value is -8.20. The summed E-state index contributed by atoms with van der Waals surface area (Å²) in [5.74, 6) is 1.47. The molecule has 3 unspecified atom stereocenters. The van der Waals surface area contributed by atoms with Crippen LogP contribution in [0.4, 0.5) is 17.1 Å². The first kappa shape index (κ1) is 39.9. The second kappa shape index (κ2) is 16.0. The zero-order valence-electron chi connectivity index (χ0n) is 38.5. The van der Waals surface area contributed by atoms with Gasteiger partial charge in [-0.1, -0.05) is 207 Å². The molecule has 1 aromatic heterocycles. The predicted molar refractivity (Wildman–Crippen MR) is 289 cm³/mol. The fourth-order valence-electron chi connectivity index (χ4n) is 13.3. The molecular formula is C67H50N2. The second-order valence-electron chi connectivity index (χ2n) is 19.5. The second-order valence-corrected chi connectivity index (χ2v) is 19.5. The molecule has 0 saturated heterocycles. The van der Waals surface area contributed by atoms with Gasteiger partial charge in [0.2, 0.25) is 0 Å². The average Bonchev–Trinajstić information content (AvgIpc) is 4.20. The van der Waals surface area contributed by atoms with Crippen molar-refractivity contribution in [1.82, 2.24) is 4.57 Å². The number of rotatable bonds is 8. The van der Waals surface area contributed by atoms with Gasteiger partial charge in [0.1, 0.15) is 0 Å². The summed E-state index contributed by atoms with van der Waals surface area (Å²) in [6.45, 7) is 0. The minimum atomic E-state index is 0.0591. The zero-order valence-corrected chi connectivity index (χ0v) is 38.5. The van der Waals surface area contributed by atoms with Gasteiger partial charge < -0.3 is 9.47 Å². The van der Waals surface area contributed by atoms with E-state index >= 15 is 0 Å². The molecule has 2 fully saturated rings. The van der Waals surface area contributed by atoms with E-state index < -0.39 is 0 Å². The first-order valence-corrected chi connectivity index (χ1v) is 24.8. The maximum atomic E-state index is 2.59. The fraction of sp³-hybridized carbons (Fsp3) is 0.104. The summed E-state index contributed by atoms with van der Waals surface area (Å²) in [5.41, 5.74) is 22.7. The van der Waals surface area contributed by atoms with Crippen molar-refractivity contribution in [2.45, 2.75) is 31.1 Å². The Labute approximate surface area is 404 Å². The highest BCUT2D eigenvalue weighted by Gasteiger charge is 2.57. The van der Waals surface area contributed by atoms with Crippen LogP contribution in [0.3, 0.4) is 0 Å². The van der Waals surface area contributed by atoms with E-state index in [1.54, 1.807) is 0 Å². The van der Waals surface area contributed by atoms with E-state index in [1.165, 1.54) is 120 Å². The van der Waals surface area contributed by atoms with Crippen LogP contribution >= 0.6 is 0 Å². The van der Waals surface area contributed by atoms with Crippen molar-refractivity contribution < 1.29 is 0 Å². The smallest absolute Gasteiger partial charge is 0.0619 e. The highest BCUT2D eigenvalue weighted by molar-refractivity contribution is 6.14. The lowest BCUT2D eigenvalue weighted by Gasteiger charge is -2.37. The van der Waals surface area contributed by atoms with Crippen molar-refractivity contribution in [2.24, 2.45) is 11.8 Å². The zero-order chi connectivity index (χ0) is 45.5. The Kier molecular flexibility index (Phi) is 9.24. The molecule has 0 N–H and O–H groups in total. The predicted octanol–water partition coefficient (Wildman–Crippen LogP) is 18.0. The largest absolute Gasteiger partial charge is 0.309 e. The molecule has 2 heteroatoms. The summed E-state index contributed by atoms with van der Waals surface area (Å²) < 4.78 is 2.44. The van der Waals surface area contributed by atoms with Gasteiger partial charge in [-0.15, -0.1) is 0 Å². The van der Waals surface area contributed by atoms with E-state index in [4.69, 9.17) is 0 Å². The molecular weight excluding hydrogens is 833 g/mol. The summed E-state index contributed by atoms with van der Waals surface area (Å²) in [7, 11) is 0. The summed E-state index contributed by atoms with van der Waals surface area (Å²) >= 11 is 0. The Morgan fingerprint density at radius 1 is 0.391 bits per heavy atom. The number of aromatic nitrogens is 1. The number of para-hydroxylation sites is 4. The van der Waals surface area contributed by atoms with Crippen molar-refractivity contribution in [3.63, 3.8) is 0 Å². The van der Waals surface area contributed by atoms with E-state index in [2.05, 4.69) is 252 Å². The molecule has 3 aliphatic carbocycles. The molecule has 2 saturated carbocycles. The molecule has 1 spiro atoms. The molecule has 69 heavy (non-hydrogen) atoms. The Balaban J connectivity index is 0.991. The summed E-state index contributed by atoms with van der Waals surface area (Å²) in [4.78, 5) is 2.59. The molecule has 3 atom stereocenters. The first-order valence-electron chi connectivity index (χ1n) is 24.8. The standard InChI is InChI=1S/C67H50N2/c1-3-19-46(20-4-1)51-23-7-8-24-53(51)54-25-9-10-26-55(54)56-27-12-15-34-62(56)68(64-36-18-33-61-65(64)59-29-11-14-32-60(59)67(61)44-45-37-40-48(67)43-45)50-41-38-47(39-42-50)52-30-17-31-58-57-28-13-16-35-63(57)69(66(52)58)49-21-5-2-6-22-49/h1-36,38-39,41-42,45,48H,37,40,43-44H2. The van der Waals surface area contributed by atoms with Gasteiger partial charge in [-0.05, 0) is 124 Å². The third-order valence-electron chi connectivity index (χ3n) is 16.1. The lowest BCUT2D eigenvalue weighted by molar-refractivity contribution is 0.327. The van der Waals surface area contributed by atoms with Crippen LogP contribution in [0.15, 0.2) is 243 Å². The number of hydrogen-bond acceptors (Lipinski definition) is 1. The molecule has 0 radical (unpaired) electrons. The van der Waals surface area contributed by atoms with Crippen LogP contribution in [0.2, 0.25) is 0 Å². The maximum absolute atomic E-state index is 2.59. The number of benzene rings is 10. The minimum Gasteiger partial charge on any atom is -0.309 e. The van der Waals surface area contributed by atoms with Crippen molar-refractivity contribution in [3.05, 3.63) is 254 Å². The van der Waals surface area contributed by atoms with Crippen LogP contribution in [0.5, 0.6) is 0 Å². The first-order chi connectivity index (χ1) is 34.2. The van der Waals surface area contributed by atoms with Crippen LogP contribution in [0.1, 0.15) is 36.8 Å². The molecule has 14 rings (SSSR count). The van der Waals surface area contributed by atoms with Gasteiger partial charge in [0, 0.05) is 44.3 Å². The van der Waals surface area contributed by atoms with Crippen LogP contribution in [0, 0.1) is 11.8 Å². The molecule has 0 amide bonds. The van der Waals surface area contributed by atoms with Gasteiger partial charge in [-0.25, -0.2) is 0 Å². The van der Waals surface area contributed by atoms with Gasteiger partial charge in [-0.3, -0.25) is 0 Å². The van der Waals surface area contributed by atoms with E-state index in [1.807, 2.05) is 0 Å². The third kappa shape index (κ3) is 6.11. The lowest BCUT2D eigenvalue weighted by Crippen LogP contribution is -2.31. The number of nitrogens with zero attached hydrogens (tertiary/aromatic N) is 2. The molecule has 3 aliphatic rings. The van der Waals surface area contributed by atoms with Gasteiger partial charge in [0.05, 0.1) is 22.4 Å². The van der Waals surface area contributed by atoms with E-state index in [9.17, 15) is 0 Å². The van der Waals surface area contributed by atoms with Crippen LogP contribution in [-0.2, 0) is 5.41 Å². The van der Waals surface area contributed by atoms with Gasteiger partial charge in [0.25, 0.3) is 0 Å². The minimum absolute atomic E-state index is 0.0591. The molecule has 2 bridgehead atoms. The third-order valence-corrected chi connectivity index (χ3v) is 16.1. The number of anilines is 3. The Morgan fingerprint density at radius 2 is 0.942 bits per heavy atom. The van der Waals surface area contributed by atoms with Crippen LogP contribution in [0.25, 0.3) is 83.1 Å². The SMILES string of the molecule is c1ccc(-c2ccccc2-c2ccccc2-c2ccccc2N(c2ccc(-c3cccc4c5ccccc5n(-c5ccccc5)c34)cc2)c2cccc3c2-c2ccccc2C32CC3CCC2C3)cc1. The summed E-state index contributed by atoms with van der Waals surface area (Å²) in [6, 6.07) is 90.3. The molecule has 328 valence electrons. The van der Waals surface area contributed by atoms with Crippen LogP contribution < -0.4 is 4.90 Å².